The molecule has 0 unspecified atom stereocenters. The molecule has 7 nitrogen and oxygen atoms in total. The van der Waals surface area contributed by atoms with Crippen molar-refractivity contribution in [3.8, 4) is 45.1 Å². The van der Waals surface area contributed by atoms with E-state index in [-0.39, 0.29) is 0 Å². The summed E-state index contributed by atoms with van der Waals surface area (Å²) in [7, 11) is 0. The van der Waals surface area contributed by atoms with Crippen molar-refractivity contribution in [3.63, 3.8) is 0 Å². The predicted molar refractivity (Wildman–Crippen MR) is 153 cm³/mol. The maximum absolute atomic E-state index is 6.33. The Balaban J connectivity index is 1.30. The molecule has 0 spiro atoms. The highest BCUT2D eigenvalue weighted by molar-refractivity contribution is 5.70. The van der Waals surface area contributed by atoms with Gasteiger partial charge in [0.25, 0.3) is 0 Å². The van der Waals surface area contributed by atoms with Gasteiger partial charge in [0.05, 0.1) is 22.8 Å². The van der Waals surface area contributed by atoms with Gasteiger partial charge in [0.2, 0.25) is 0 Å². The van der Waals surface area contributed by atoms with E-state index in [1.165, 1.54) is 0 Å². The lowest BCUT2D eigenvalue weighted by Crippen LogP contribution is -2.00. The maximum Gasteiger partial charge on any atom is 0.129 e. The Morgan fingerprint density at radius 3 is 1.36 bits per heavy atom. The summed E-state index contributed by atoms with van der Waals surface area (Å²) >= 11 is 0. The van der Waals surface area contributed by atoms with Crippen molar-refractivity contribution in [1.29, 1.82) is 0 Å². The molecule has 0 aliphatic carbocycles. The summed E-state index contributed by atoms with van der Waals surface area (Å²) in [5, 5.41) is 9.66. The second-order valence-electron chi connectivity index (χ2n) is 9.48. The van der Waals surface area contributed by atoms with Crippen LogP contribution in [0.5, 0.6) is 11.5 Å². The third-order valence-electron chi connectivity index (χ3n) is 6.88. The third kappa shape index (κ3) is 4.59. The highest BCUT2D eigenvalue weighted by Crippen LogP contribution is 2.32. The molecule has 0 atom stereocenters. The van der Waals surface area contributed by atoms with Gasteiger partial charge in [-0.3, -0.25) is 9.97 Å². The van der Waals surface area contributed by atoms with Gasteiger partial charge in [-0.05, 0) is 87.4 Å². The fourth-order valence-electron chi connectivity index (χ4n) is 5.15. The quantitative estimate of drug-likeness (QED) is 0.236. The Morgan fingerprint density at radius 1 is 0.538 bits per heavy atom. The minimum Gasteiger partial charge on any atom is -0.457 e. The zero-order valence-corrected chi connectivity index (χ0v) is 22.3. The SMILES string of the molecule is Cc1nn(-c2cccc(Oc3cccc(-n4nc(C)c(-c5ccncc5)c4C)c3)c2)c(C)c1-c1ccncc1. The monoisotopic (exact) mass is 512 g/mol. The molecule has 6 rings (SSSR count). The van der Waals surface area contributed by atoms with E-state index in [1.54, 1.807) is 24.8 Å². The largest absolute Gasteiger partial charge is 0.457 e. The molecule has 4 aromatic heterocycles. The van der Waals surface area contributed by atoms with Gasteiger partial charge in [0.1, 0.15) is 11.5 Å². The molecule has 6 aromatic rings. The van der Waals surface area contributed by atoms with Crippen molar-refractivity contribution in [2.24, 2.45) is 0 Å². The van der Waals surface area contributed by atoms with Gasteiger partial charge >= 0.3 is 0 Å². The molecular weight excluding hydrogens is 484 g/mol. The lowest BCUT2D eigenvalue weighted by Gasteiger charge is -2.11. The van der Waals surface area contributed by atoms with E-state index in [1.807, 2.05) is 96.0 Å². The molecule has 2 aromatic carbocycles. The molecular formula is C32H28N6O. The van der Waals surface area contributed by atoms with Crippen molar-refractivity contribution in [3.05, 3.63) is 120 Å². The smallest absolute Gasteiger partial charge is 0.129 e. The van der Waals surface area contributed by atoms with Crippen LogP contribution in [0.15, 0.2) is 97.6 Å². The summed E-state index contributed by atoms with van der Waals surface area (Å²) in [5.41, 5.74) is 10.4. The number of aryl methyl sites for hydroxylation is 2. The molecule has 0 amide bonds. The molecule has 39 heavy (non-hydrogen) atoms. The van der Waals surface area contributed by atoms with Crippen molar-refractivity contribution >= 4 is 0 Å². The number of benzene rings is 2. The number of rotatable bonds is 6. The van der Waals surface area contributed by atoms with Gasteiger partial charge in [-0.15, -0.1) is 0 Å². The molecule has 0 saturated carbocycles. The first kappa shape index (κ1) is 24.3. The van der Waals surface area contributed by atoms with Gasteiger partial charge in [-0.25, -0.2) is 9.36 Å². The van der Waals surface area contributed by atoms with E-state index in [4.69, 9.17) is 14.9 Å². The molecule has 0 aliphatic heterocycles. The van der Waals surface area contributed by atoms with E-state index >= 15 is 0 Å². The molecule has 0 saturated heterocycles. The molecule has 0 bridgehead atoms. The molecule has 0 fully saturated rings. The van der Waals surface area contributed by atoms with E-state index in [9.17, 15) is 0 Å². The van der Waals surface area contributed by atoms with Crippen molar-refractivity contribution in [2.45, 2.75) is 27.7 Å². The van der Waals surface area contributed by atoms with Gasteiger partial charge in [0.15, 0.2) is 0 Å². The summed E-state index contributed by atoms with van der Waals surface area (Å²) in [5.74, 6) is 1.46. The highest BCUT2D eigenvalue weighted by atomic mass is 16.5. The number of aromatic nitrogens is 6. The average molecular weight is 513 g/mol. The van der Waals surface area contributed by atoms with E-state index in [0.29, 0.717) is 0 Å². The molecule has 0 N–H and O–H groups in total. The van der Waals surface area contributed by atoms with Crippen LogP contribution < -0.4 is 4.74 Å². The molecule has 192 valence electrons. The Morgan fingerprint density at radius 2 is 0.949 bits per heavy atom. The second kappa shape index (κ2) is 10.0. The summed E-state index contributed by atoms with van der Waals surface area (Å²) in [6.07, 6.45) is 7.22. The Kier molecular flexibility index (Phi) is 6.25. The number of ether oxygens (including phenoxy) is 1. The number of hydrogen-bond donors (Lipinski definition) is 0. The van der Waals surface area contributed by atoms with Crippen molar-refractivity contribution in [2.75, 3.05) is 0 Å². The zero-order chi connectivity index (χ0) is 26.9. The van der Waals surface area contributed by atoms with Gasteiger partial charge < -0.3 is 4.74 Å². The van der Waals surface area contributed by atoms with Crippen LogP contribution in [-0.2, 0) is 0 Å². The Labute approximate surface area is 227 Å². The molecule has 4 heterocycles. The minimum atomic E-state index is 0.730. The van der Waals surface area contributed by atoms with Crippen LogP contribution >= 0.6 is 0 Å². The van der Waals surface area contributed by atoms with E-state index in [2.05, 4.69) is 23.8 Å². The van der Waals surface area contributed by atoms with Crippen LogP contribution in [0, 0.1) is 27.7 Å². The Bertz CT molecular complexity index is 1640. The van der Waals surface area contributed by atoms with Crippen LogP contribution in [0.2, 0.25) is 0 Å². The third-order valence-corrected chi connectivity index (χ3v) is 6.88. The van der Waals surface area contributed by atoms with Gasteiger partial charge in [-0.1, -0.05) is 12.1 Å². The summed E-state index contributed by atoms with van der Waals surface area (Å²) in [4.78, 5) is 8.29. The zero-order valence-electron chi connectivity index (χ0n) is 22.3. The van der Waals surface area contributed by atoms with Crippen molar-refractivity contribution < 1.29 is 4.74 Å². The standard InChI is InChI=1S/C32H28N6O/c1-21-31(25-11-15-33-16-12-25)23(3)37(35-21)27-7-5-9-29(19-27)39-30-10-6-8-28(20-30)38-24(4)32(22(2)36-38)26-13-17-34-18-14-26/h5-20H,1-4H3. The van der Waals surface area contributed by atoms with Crippen LogP contribution in [0.25, 0.3) is 33.6 Å². The number of pyridine rings is 2. The first-order chi connectivity index (χ1) is 19.0. The fourth-order valence-corrected chi connectivity index (χ4v) is 5.15. The van der Waals surface area contributed by atoms with Crippen LogP contribution in [0.3, 0.4) is 0 Å². The summed E-state index contributed by atoms with van der Waals surface area (Å²) in [6, 6.07) is 24.0. The Hall–Kier alpha value is -5.04. The van der Waals surface area contributed by atoms with Gasteiger partial charge in [-0.2, -0.15) is 10.2 Å². The highest BCUT2D eigenvalue weighted by Gasteiger charge is 2.16. The first-order valence-electron chi connectivity index (χ1n) is 12.8. The lowest BCUT2D eigenvalue weighted by molar-refractivity contribution is 0.481. The average Bonchev–Trinajstić information content (AvgIpc) is 3.43. The first-order valence-corrected chi connectivity index (χ1v) is 12.8. The lowest BCUT2D eigenvalue weighted by atomic mass is 10.1. The summed E-state index contributed by atoms with van der Waals surface area (Å²) < 4.78 is 10.3. The predicted octanol–water partition coefficient (Wildman–Crippen LogP) is 7.21. The molecule has 7 heteroatoms. The topological polar surface area (TPSA) is 70.7 Å². The molecule has 0 aliphatic rings. The summed E-state index contributed by atoms with van der Waals surface area (Å²) in [6.45, 7) is 8.23. The van der Waals surface area contributed by atoms with E-state index in [0.717, 1.165) is 67.9 Å². The minimum absolute atomic E-state index is 0.730. The normalized spacial score (nSPS) is 11.1. The second-order valence-corrected chi connectivity index (χ2v) is 9.48. The molecule has 0 radical (unpaired) electrons. The number of hydrogen-bond acceptors (Lipinski definition) is 5. The van der Waals surface area contributed by atoms with E-state index < -0.39 is 0 Å². The fraction of sp³-hybridized carbons (Fsp3) is 0.125. The van der Waals surface area contributed by atoms with Crippen molar-refractivity contribution in [1.82, 2.24) is 29.5 Å². The van der Waals surface area contributed by atoms with Crippen LogP contribution in [0.1, 0.15) is 22.8 Å². The van der Waals surface area contributed by atoms with Gasteiger partial charge in [0, 0.05) is 59.4 Å². The maximum atomic E-state index is 6.33. The van der Waals surface area contributed by atoms with Crippen LogP contribution in [0.4, 0.5) is 0 Å². The number of nitrogens with zero attached hydrogens (tertiary/aromatic N) is 6. The van der Waals surface area contributed by atoms with Crippen LogP contribution in [-0.4, -0.2) is 29.5 Å².